The molecule has 94 valence electrons. The van der Waals surface area contributed by atoms with Crippen molar-refractivity contribution in [2.24, 2.45) is 0 Å². The predicted molar refractivity (Wildman–Crippen MR) is 66.9 cm³/mol. The van der Waals surface area contributed by atoms with E-state index in [1.54, 1.807) is 19.1 Å². The number of rotatable bonds is 5. The quantitative estimate of drug-likeness (QED) is 0.854. The van der Waals surface area contributed by atoms with Crippen LogP contribution in [0.3, 0.4) is 0 Å². The van der Waals surface area contributed by atoms with Crippen LogP contribution in [0.1, 0.15) is 39.7 Å². The summed E-state index contributed by atoms with van der Waals surface area (Å²) in [5.74, 6) is -0.967. The molecule has 0 radical (unpaired) electrons. The van der Waals surface area contributed by atoms with Gasteiger partial charge in [-0.05, 0) is 32.8 Å². The fourth-order valence-electron chi connectivity index (χ4n) is 1.61. The molecule has 1 unspecified atom stereocenters. The molecule has 0 aliphatic heterocycles. The molecule has 1 N–H and O–H groups in total. The summed E-state index contributed by atoms with van der Waals surface area (Å²) in [4.78, 5) is 11.5. The predicted octanol–water partition coefficient (Wildman–Crippen LogP) is 3.19. The molecule has 0 saturated carbocycles. The van der Waals surface area contributed by atoms with Crippen LogP contribution in [0.2, 0.25) is 0 Å². The topological polar surface area (TPSA) is 46.5 Å². The zero-order valence-electron chi connectivity index (χ0n) is 10.9. The summed E-state index contributed by atoms with van der Waals surface area (Å²) in [5.41, 5.74) is -1.11. The van der Waals surface area contributed by atoms with Crippen LogP contribution in [0.5, 0.6) is 0 Å². The number of ether oxygens (including phenoxy) is 1. The summed E-state index contributed by atoms with van der Waals surface area (Å²) in [7, 11) is 0. The normalized spacial score (nSPS) is 15.3. The lowest BCUT2D eigenvalue weighted by Crippen LogP contribution is -2.42. The minimum atomic E-state index is -1.30. The maximum Gasteiger partial charge on any atom is 0.340 e. The van der Waals surface area contributed by atoms with Gasteiger partial charge >= 0.3 is 5.97 Å². The fourth-order valence-corrected chi connectivity index (χ4v) is 1.61. The van der Waals surface area contributed by atoms with Crippen LogP contribution in [0.15, 0.2) is 30.3 Å². The van der Waals surface area contributed by atoms with Crippen LogP contribution < -0.4 is 0 Å². The number of benzene rings is 1. The zero-order valence-corrected chi connectivity index (χ0v) is 10.9. The van der Waals surface area contributed by atoms with Crippen molar-refractivity contribution >= 4 is 5.97 Å². The highest BCUT2D eigenvalue weighted by molar-refractivity contribution is 5.79. The van der Waals surface area contributed by atoms with Gasteiger partial charge < -0.3 is 9.84 Å². The molecule has 0 aromatic heterocycles. The standard InChI is InChI=1S/C14H20O3/c1-5-13(2,3)17-14(4,12(15)16)11-9-7-6-8-10-11/h6-10H,5H2,1-4H3,(H,15,16). The van der Waals surface area contributed by atoms with Crippen molar-refractivity contribution in [2.75, 3.05) is 0 Å². The molecule has 0 heterocycles. The Bertz CT molecular complexity index is 384. The van der Waals surface area contributed by atoms with Crippen LogP contribution in [-0.4, -0.2) is 16.7 Å². The molecule has 1 aromatic rings. The van der Waals surface area contributed by atoms with Gasteiger partial charge in [0, 0.05) is 0 Å². The fraction of sp³-hybridized carbons (Fsp3) is 0.500. The number of hydrogen-bond acceptors (Lipinski definition) is 2. The van der Waals surface area contributed by atoms with E-state index in [2.05, 4.69) is 0 Å². The van der Waals surface area contributed by atoms with Gasteiger partial charge in [0.1, 0.15) is 0 Å². The van der Waals surface area contributed by atoms with Crippen LogP contribution in [0.25, 0.3) is 0 Å². The molecule has 3 heteroatoms. The summed E-state index contributed by atoms with van der Waals surface area (Å²) in [6.07, 6.45) is 0.753. The van der Waals surface area contributed by atoms with Gasteiger partial charge in [0.15, 0.2) is 5.60 Å². The van der Waals surface area contributed by atoms with Crippen LogP contribution in [0.4, 0.5) is 0 Å². The number of carboxylic acids is 1. The second-order valence-corrected chi connectivity index (χ2v) is 4.92. The van der Waals surface area contributed by atoms with E-state index < -0.39 is 17.2 Å². The summed E-state index contributed by atoms with van der Waals surface area (Å²) in [5, 5.41) is 9.42. The van der Waals surface area contributed by atoms with Gasteiger partial charge in [-0.15, -0.1) is 0 Å². The first-order chi connectivity index (χ1) is 7.82. The summed E-state index contributed by atoms with van der Waals surface area (Å²) in [6.45, 7) is 7.38. The smallest absolute Gasteiger partial charge is 0.340 e. The molecule has 1 rings (SSSR count). The van der Waals surface area contributed by atoms with Crippen LogP contribution in [-0.2, 0) is 15.1 Å². The molecular weight excluding hydrogens is 216 g/mol. The molecule has 0 aliphatic carbocycles. The highest BCUT2D eigenvalue weighted by Gasteiger charge is 2.40. The van der Waals surface area contributed by atoms with Gasteiger partial charge in [0.25, 0.3) is 0 Å². The highest BCUT2D eigenvalue weighted by Crippen LogP contribution is 2.32. The van der Waals surface area contributed by atoms with Crippen molar-refractivity contribution in [3.05, 3.63) is 35.9 Å². The molecule has 0 aliphatic rings. The van der Waals surface area contributed by atoms with E-state index in [-0.39, 0.29) is 0 Å². The number of carboxylic acid groups (broad SMARTS) is 1. The van der Waals surface area contributed by atoms with Crippen molar-refractivity contribution < 1.29 is 14.6 Å². The Kier molecular flexibility index (Phi) is 3.94. The highest BCUT2D eigenvalue weighted by atomic mass is 16.5. The van der Waals surface area contributed by atoms with Gasteiger partial charge in [0.05, 0.1) is 5.60 Å². The maximum absolute atomic E-state index is 11.5. The van der Waals surface area contributed by atoms with Crippen molar-refractivity contribution in [3.8, 4) is 0 Å². The Hall–Kier alpha value is -1.35. The average molecular weight is 236 g/mol. The number of hydrogen-bond donors (Lipinski definition) is 1. The van der Waals surface area contributed by atoms with Crippen molar-refractivity contribution in [1.82, 2.24) is 0 Å². The monoisotopic (exact) mass is 236 g/mol. The van der Waals surface area contributed by atoms with Crippen molar-refractivity contribution in [1.29, 1.82) is 0 Å². The molecule has 0 saturated heterocycles. The van der Waals surface area contributed by atoms with E-state index in [1.165, 1.54) is 0 Å². The Balaban J connectivity index is 3.12. The van der Waals surface area contributed by atoms with Gasteiger partial charge in [-0.2, -0.15) is 0 Å². The lowest BCUT2D eigenvalue weighted by atomic mass is 9.94. The molecule has 0 bridgehead atoms. The molecule has 3 nitrogen and oxygen atoms in total. The third-order valence-electron chi connectivity index (χ3n) is 3.06. The second kappa shape index (κ2) is 4.88. The minimum Gasteiger partial charge on any atom is -0.479 e. The van der Waals surface area contributed by atoms with Crippen molar-refractivity contribution in [3.63, 3.8) is 0 Å². The molecule has 0 fully saturated rings. The minimum absolute atomic E-state index is 0.469. The SMILES string of the molecule is CCC(C)(C)OC(C)(C(=O)O)c1ccccc1. The Morgan fingerprint density at radius 1 is 1.24 bits per heavy atom. The number of carbonyl (C=O) groups is 1. The Morgan fingerprint density at radius 3 is 2.18 bits per heavy atom. The first kappa shape index (κ1) is 13.7. The van der Waals surface area contributed by atoms with E-state index in [0.29, 0.717) is 5.56 Å². The van der Waals surface area contributed by atoms with Crippen LogP contribution >= 0.6 is 0 Å². The van der Waals surface area contributed by atoms with E-state index >= 15 is 0 Å². The van der Waals surface area contributed by atoms with Gasteiger partial charge in [-0.3, -0.25) is 0 Å². The molecule has 0 spiro atoms. The van der Waals surface area contributed by atoms with Gasteiger partial charge in [-0.1, -0.05) is 37.3 Å². The Labute approximate surface area is 102 Å². The average Bonchev–Trinajstić information content (AvgIpc) is 2.29. The summed E-state index contributed by atoms with van der Waals surface area (Å²) < 4.78 is 5.82. The van der Waals surface area contributed by atoms with Crippen molar-refractivity contribution in [2.45, 2.75) is 45.3 Å². The lowest BCUT2D eigenvalue weighted by Gasteiger charge is -2.35. The van der Waals surface area contributed by atoms with Gasteiger partial charge in [-0.25, -0.2) is 4.79 Å². The summed E-state index contributed by atoms with van der Waals surface area (Å²) >= 11 is 0. The maximum atomic E-state index is 11.5. The molecular formula is C14H20O3. The zero-order chi connectivity index (χ0) is 13.1. The first-order valence-corrected chi connectivity index (χ1v) is 5.81. The largest absolute Gasteiger partial charge is 0.479 e. The molecule has 0 amide bonds. The third-order valence-corrected chi connectivity index (χ3v) is 3.06. The number of aliphatic carboxylic acids is 1. The van der Waals surface area contributed by atoms with Crippen LogP contribution in [0, 0.1) is 0 Å². The lowest BCUT2D eigenvalue weighted by molar-refractivity contribution is -0.186. The van der Waals surface area contributed by atoms with E-state index in [9.17, 15) is 9.90 Å². The first-order valence-electron chi connectivity index (χ1n) is 5.81. The molecule has 1 atom stereocenters. The second-order valence-electron chi connectivity index (χ2n) is 4.92. The Morgan fingerprint density at radius 2 is 1.76 bits per heavy atom. The summed E-state index contributed by atoms with van der Waals surface area (Å²) in [6, 6.07) is 9.05. The van der Waals surface area contributed by atoms with E-state index in [4.69, 9.17) is 4.74 Å². The third kappa shape index (κ3) is 3.07. The molecule has 17 heavy (non-hydrogen) atoms. The van der Waals surface area contributed by atoms with Gasteiger partial charge in [0.2, 0.25) is 0 Å². The van der Waals surface area contributed by atoms with E-state index in [0.717, 1.165) is 6.42 Å². The van der Waals surface area contributed by atoms with E-state index in [1.807, 2.05) is 39.0 Å². The molecule has 1 aromatic carbocycles.